The zero-order valence-electron chi connectivity index (χ0n) is 18.0. The summed E-state index contributed by atoms with van der Waals surface area (Å²) in [4.78, 5) is 2.45. The van der Waals surface area contributed by atoms with E-state index in [2.05, 4.69) is 95.3 Å². The highest BCUT2D eigenvalue weighted by Crippen LogP contribution is 2.42. The molecule has 4 rings (SSSR count). The van der Waals surface area contributed by atoms with E-state index in [0.29, 0.717) is 13.2 Å². The summed E-state index contributed by atoms with van der Waals surface area (Å²) < 4.78 is 12.4. The number of fused-ring (bicyclic) bond motifs is 1. The molecule has 1 aliphatic heterocycles. The van der Waals surface area contributed by atoms with E-state index >= 15 is 0 Å². The van der Waals surface area contributed by atoms with Crippen LogP contribution >= 0.6 is 11.8 Å². The van der Waals surface area contributed by atoms with Crippen molar-refractivity contribution < 1.29 is 9.47 Å². The SMILES string of the molecule is CC1(C)COC(c2cc(C(C)(C)C)ccc2Sc2cccc3ccccc23)OC1. The zero-order valence-corrected chi connectivity index (χ0v) is 18.8. The van der Waals surface area contributed by atoms with Crippen molar-refractivity contribution in [1.82, 2.24) is 0 Å². The molecule has 0 unspecified atom stereocenters. The summed E-state index contributed by atoms with van der Waals surface area (Å²) in [6.45, 7) is 12.5. The first kappa shape index (κ1) is 20.5. The van der Waals surface area contributed by atoms with Crippen molar-refractivity contribution in [3.05, 3.63) is 71.8 Å². The van der Waals surface area contributed by atoms with Crippen LogP contribution < -0.4 is 0 Å². The molecule has 2 nitrogen and oxygen atoms in total. The van der Waals surface area contributed by atoms with Crippen LogP contribution in [-0.2, 0) is 14.9 Å². The molecule has 0 aromatic heterocycles. The van der Waals surface area contributed by atoms with E-state index in [1.165, 1.54) is 26.1 Å². The number of benzene rings is 3. The summed E-state index contributed by atoms with van der Waals surface area (Å²) in [5.74, 6) is 0. The lowest BCUT2D eigenvalue weighted by molar-refractivity contribution is -0.227. The van der Waals surface area contributed by atoms with Crippen molar-refractivity contribution in [2.45, 2.75) is 56.1 Å². The van der Waals surface area contributed by atoms with E-state index < -0.39 is 0 Å². The Morgan fingerprint density at radius 3 is 2.28 bits per heavy atom. The maximum atomic E-state index is 6.18. The molecular formula is C26H30O2S. The second-order valence-corrected chi connectivity index (χ2v) is 10.8. The Balaban J connectivity index is 1.74. The maximum absolute atomic E-state index is 6.18. The minimum Gasteiger partial charge on any atom is -0.348 e. The molecule has 3 aromatic rings. The number of hydrogen-bond donors (Lipinski definition) is 0. The van der Waals surface area contributed by atoms with Gasteiger partial charge in [-0.2, -0.15) is 0 Å². The average Bonchev–Trinajstić information content (AvgIpc) is 2.68. The van der Waals surface area contributed by atoms with E-state index in [9.17, 15) is 0 Å². The molecule has 1 saturated heterocycles. The van der Waals surface area contributed by atoms with Crippen molar-refractivity contribution in [2.24, 2.45) is 5.41 Å². The average molecular weight is 407 g/mol. The Kier molecular flexibility index (Phi) is 5.50. The Morgan fingerprint density at radius 1 is 0.862 bits per heavy atom. The second-order valence-electron chi connectivity index (χ2n) is 9.70. The van der Waals surface area contributed by atoms with Gasteiger partial charge in [0.05, 0.1) is 13.2 Å². The van der Waals surface area contributed by atoms with Gasteiger partial charge in [0.15, 0.2) is 6.29 Å². The van der Waals surface area contributed by atoms with Gasteiger partial charge >= 0.3 is 0 Å². The van der Waals surface area contributed by atoms with Crippen LogP contribution in [0, 0.1) is 5.41 Å². The summed E-state index contributed by atoms with van der Waals surface area (Å²) in [6, 6.07) is 21.8. The molecular weight excluding hydrogens is 376 g/mol. The van der Waals surface area contributed by atoms with Crippen LogP contribution in [0.4, 0.5) is 0 Å². The van der Waals surface area contributed by atoms with Gasteiger partial charge in [-0.3, -0.25) is 0 Å². The molecule has 1 heterocycles. The zero-order chi connectivity index (χ0) is 20.6. The third-order valence-corrected chi connectivity index (χ3v) is 6.52. The van der Waals surface area contributed by atoms with Gasteiger partial charge in [-0.1, -0.05) is 88.8 Å². The highest BCUT2D eigenvalue weighted by molar-refractivity contribution is 7.99. The van der Waals surface area contributed by atoms with Crippen molar-refractivity contribution in [3.8, 4) is 0 Å². The molecule has 0 atom stereocenters. The van der Waals surface area contributed by atoms with Gasteiger partial charge in [-0.15, -0.1) is 0 Å². The van der Waals surface area contributed by atoms with Gasteiger partial charge in [0.2, 0.25) is 0 Å². The third kappa shape index (κ3) is 4.53. The molecule has 0 radical (unpaired) electrons. The molecule has 1 fully saturated rings. The second kappa shape index (κ2) is 7.79. The molecule has 152 valence electrons. The Morgan fingerprint density at radius 2 is 1.55 bits per heavy atom. The largest absolute Gasteiger partial charge is 0.348 e. The number of hydrogen-bond acceptors (Lipinski definition) is 3. The van der Waals surface area contributed by atoms with E-state index in [0.717, 1.165) is 5.56 Å². The lowest BCUT2D eigenvalue weighted by Gasteiger charge is -2.35. The Bertz CT molecular complexity index is 1000. The highest BCUT2D eigenvalue weighted by atomic mass is 32.2. The van der Waals surface area contributed by atoms with Crippen LogP contribution in [0.3, 0.4) is 0 Å². The van der Waals surface area contributed by atoms with Gasteiger partial charge in [0, 0.05) is 20.8 Å². The molecule has 1 aliphatic rings. The summed E-state index contributed by atoms with van der Waals surface area (Å²) in [5.41, 5.74) is 2.56. The van der Waals surface area contributed by atoms with Crippen molar-refractivity contribution in [3.63, 3.8) is 0 Å². The Hall–Kier alpha value is -1.81. The van der Waals surface area contributed by atoms with Crippen molar-refractivity contribution in [2.75, 3.05) is 13.2 Å². The standard InChI is InChI=1S/C26H30O2S/c1-25(2,3)19-13-14-23(21(15-19)24-27-16-26(4,5)17-28-24)29-22-12-8-10-18-9-6-7-11-20(18)22/h6-15,24H,16-17H2,1-5H3. The normalized spacial score (nSPS) is 17.6. The van der Waals surface area contributed by atoms with Crippen molar-refractivity contribution in [1.29, 1.82) is 0 Å². The molecule has 0 amide bonds. The fourth-order valence-electron chi connectivity index (χ4n) is 3.57. The van der Waals surface area contributed by atoms with Crippen LogP contribution in [0.15, 0.2) is 70.5 Å². The minimum atomic E-state index is -0.317. The quantitative estimate of drug-likeness (QED) is 0.453. The first-order valence-electron chi connectivity index (χ1n) is 10.3. The fourth-order valence-corrected chi connectivity index (χ4v) is 4.66. The third-order valence-electron chi connectivity index (χ3n) is 5.35. The minimum absolute atomic E-state index is 0.0566. The highest BCUT2D eigenvalue weighted by Gasteiger charge is 2.31. The monoisotopic (exact) mass is 406 g/mol. The fraction of sp³-hybridized carbons (Fsp3) is 0.385. The van der Waals surface area contributed by atoms with E-state index in [1.54, 1.807) is 11.8 Å². The van der Waals surface area contributed by atoms with Crippen molar-refractivity contribution >= 4 is 22.5 Å². The van der Waals surface area contributed by atoms with Gasteiger partial charge in [0.25, 0.3) is 0 Å². The van der Waals surface area contributed by atoms with E-state index in [1.807, 2.05) is 0 Å². The maximum Gasteiger partial charge on any atom is 0.184 e. The smallest absolute Gasteiger partial charge is 0.184 e. The summed E-state index contributed by atoms with van der Waals surface area (Å²) in [5, 5.41) is 2.54. The van der Waals surface area contributed by atoms with Crippen LogP contribution in [0.25, 0.3) is 10.8 Å². The molecule has 0 bridgehead atoms. The van der Waals surface area contributed by atoms with Gasteiger partial charge in [0.1, 0.15) is 0 Å². The summed E-state index contributed by atoms with van der Waals surface area (Å²) >= 11 is 1.80. The molecule has 29 heavy (non-hydrogen) atoms. The predicted molar refractivity (Wildman–Crippen MR) is 122 cm³/mol. The molecule has 0 N–H and O–H groups in total. The van der Waals surface area contributed by atoms with Crippen LogP contribution in [0.5, 0.6) is 0 Å². The number of ether oxygens (including phenoxy) is 2. The van der Waals surface area contributed by atoms with E-state index in [-0.39, 0.29) is 17.1 Å². The van der Waals surface area contributed by atoms with Crippen LogP contribution in [0.1, 0.15) is 52.0 Å². The molecule has 0 saturated carbocycles. The topological polar surface area (TPSA) is 18.5 Å². The van der Waals surface area contributed by atoms with Gasteiger partial charge < -0.3 is 9.47 Å². The van der Waals surface area contributed by atoms with Gasteiger partial charge in [-0.05, 0) is 39.9 Å². The summed E-state index contributed by atoms with van der Waals surface area (Å²) in [6.07, 6.45) is -0.317. The molecule has 0 spiro atoms. The van der Waals surface area contributed by atoms with Gasteiger partial charge in [-0.25, -0.2) is 0 Å². The van der Waals surface area contributed by atoms with Crippen LogP contribution in [0.2, 0.25) is 0 Å². The molecule has 3 heteroatoms. The lowest BCUT2D eigenvalue weighted by atomic mass is 9.86. The predicted octanol–water partition coefficient (Wildman–Crippen LogP) is 7.36. The molecule has 3 aromatic carbocycles. The summed E-state index contributed by atoms with van der Waals surface area (Å²) in [7, 11) is 0. The van der Waals surface area contributed by atoms with Crippen LogP contribution in [-0.4, -0.2) is 13.2 Å². The number of rotatable bonds is 3. The van der Waals surface area contributed by atoms with E-state index in [4.69, 9.17) is 9.47 Å². The molecule has 0 aliphatic carbocycles. The first-order valence-corrected chi connectivity index (χ1v) is 11.1. The first-order chi connectivity index (χ1) is 13.7. The lowest BCUT2D eigenvalue weighted by Crippen LogP contribution is -2.34. The Labute approximate surface area is 178 Å².